The average molecular weight is 294 g/mol. The smallest absolute Gasteiger partial charge is 0.226 e. The summed E-state index contributed by atoms with van der Waals surface area (Å²) in [4.78, 5) is 2.46. The zero-order chi connectivity index (χ0) is 14.1. The van der Waals surface area contributed by atoms with Gasteiger partial charge in [0, 0.05) is 18.6 Å². The summed E-state index contributed by atoms with van der Waals surface area (Å²) in [5.41, 5.74) is 0. The topological polar surface area (TPSA) is 36.9 Å². The molecule has 2 aliphatic rings. The van der Waals surface area contributed by atoms with E-state index in [2.05, 4.69) is 33.5 Å². The third-order valence-corrected chi connectivity index (χ3v) is 5.31. The van der Waals surface area contributed by atoms with E-state index in [9.17, 15) is 0 Å². The molecule has 2 atom stereocenters. The van der Waals surface area contributed by atoms with Gasteiger partial charge in [0.15, 0.2) is 4.77 Å². The first-order valence-corrected chi connectivity index (χ1v) is 8.51. The van der Waals surface area contributed by atoms with Crippen LogP contribution in [0.3, 0.4) is 0 Å². The molecule has 0 bridgehead atoms. The summed E-state index contributed by atoms with van der Waals surface area (Å²) < 4.78 is 3.11. The summed E-state index contributed by atoms with van der Waals surface area (Å²) in [6, 6.07) is 1.11. The van der Waals surface area contributed by atoms with Crippen molar-refractivity contribution in [3.05, 3.63) is 4.77 Å². The Morgan fingerprint density at radius 3 is 2.60 bits per heavy atom. The van der Waals surface area contributed by atoms with E-state index in [1.54, 1.807) is 0 Å². The van der Waals surface area contributed by atoms with Crippen molar-refractivity contribution < 1.29 is 0 Å². The second-order valence-corrected chi connectivity index (χ2v) is 7.05. The van der Waals surface area contributed by atoms with Crippen molar-refractivity contribution in [1.29, 1.82) is 0 Å². The molecule has 1 aromatic heterocycles. The number of nitrogens with zero attached hydrogens (tertiary/aromatic N) is 3. The fourth-order valence-corrected chi connectivity index (χ4v) is 4.15. The predicted octanol–water partition coefficient (Wildman–Crippen LogP) is 4.07. The van der Waals surface area contributed by atoms with Gasteiger partial charge in [0.2, 0.25) is 5.95 Å². The fourth-order valence-electron chi connectivity index (χ4n) is 3.87. The van der Waals surface area contributed by atoms with Crippen LogP contribution in [0, 0.1) is 10.7 Å². The van der Waals surface area contributed by atoms with Crippen molar-refractivity contribution in [2.45, 2.75) is 70.9 Å². The first kappa shape index (κ1) is 14.1. The maximum atomic E-state index is 5.50. The van der Waals surface area contributed by atoms with E-state index in [4.69, 9.17) is 12.2 Å². The van der Waals surface area contributed by atoms with Crippen molar-refractivity contribution in [3.8, 4) is 0 Å². The summed E-state index contributed by atoms with van der Waals surface area (Å²) in [7, 11) is 0. The van der Waals surface area contributed by atoms with Crippen molar-refractivity contribution in [3.63, 3.8) is 0 Å². The van der Waals surface area contributed by atoms with E-state index >= 15 is 0 Å². The number of hydrogen-bond acceptors (Lipinski definition) is 3. The maximum absolute atomic E-state index is 5.50. The summed E-state index contributed by atoms with van der Waals surface area (Å²) in [5, 5.41) is 7.60. The molecule has 4 nitrogen and oxygen atoms in total. The van der Waals surface area contributed by atoms with Gasteiger partial charge in [-0.2, -0.15) is 0 Å². The van der Waals surface area contributed by atoms with Crippen LogP contribution in [-0.2, 0) is 0 Å². The molecule has 0 aromatic carbocycles. The van der Waals surface area contributed by atoms with Crippen LogP contribution in [0.4, 0.5) is 5.95 Å². The lowest BCUT2D eigenvalue weighted by Crippen LogP contribution is -2.42. The Bertz CT molecular complexity index is 500. The van der Waals surface area contributed by atoms with Gasteiger partial charge in [0.05, 0.1) is 0 Å². The van der Waals surface area contributed by atoms with E-state index in [1.807, 2.05) is 0 Å². The molecule has 20 heavy (non-hydrogen) atoms. The quantitative estimate of drug-likeness (QED) is 0.835. The zero-order valence-electron chi connectivity index (χ0n) is 12.6. The summed E-state index contributed by atoms with van der Waals surface area (Å²) in [6.45, 7) is 5.78. The number of nitrogens with one attached hydrogen (secondary N) is 1. The van der Waals surface area contributed by atoms with E-state index < -0.39 is 0 Å². The SMILES string of the molecule is CC1CCN(c2n[nH]c(=S)n2C2CCCCC2)C(C)C1. The molecule has 2 heterocycles. The lowest BCUT2D eigenvalue weighted by molar-refractivity contribution is 0.334. The van der Waals surface area contributed by atoms with Crippen LogP contribution in [0.25, 0.3) is 0 Å². The molecule has 1 aliphatic carbocycles. The molecule has 112 valence electrons. The van der Waals surface area contributed by atoms with Crippen LogP contribution in [0.2, 0.25) is 0 Å². The van der Waals surface area contributed by atoms with Crippen LogP contribution in [0.1, 0.15) is 64.8 Å². The van der Waals surface area contributed by atoms with Gasteiger partial charge in [-0.25, -0.2) is 5.10 Å². The highest BCUT2D eigenvalue weighted by Gasteiger charge is 2.29. The molecule has 1 aliphatic heterocycles. The first-order valence-electron chi connectivity index (χ1n) is 8.10. The van der Waals surface area contributed by atoms with Crippen molar-refractivity contribution in [2.75, 3.05) is 11.4 Å². The van der Waals surface area contributed by atoms with E-state index in [0.717, 1.165) is 23.2 Å². The molecule has 0 amide bonds. The third-order valence-electron chi connectivity index (χ3n) is 5.02. The monoisotopic (exact) mass is 294 g/mol. The summed E-state index contributed by atoms with van der Waals surface area (Å²) in [6.07, 6.45) is 9.03. The van der Waals surface area contributed by atoms with Crippen LogP contribution < -0.4 is 4.90 Å². The number of rotatable bonds is 2. The number of anilines is 1. The standard InChI is InChI=1S/C15H26N4S/c1-11-8-9-18(12(2)10-11)14-16-17-15(20)19(14)13-6-4-3-5-7-13/h11-13H,3-10H2,1-2H3,(H,17,20). The van der Waals surface area contributed by atoms with Gasteiger partial charge in [-0.15, -0.1) is 5.10 Å². The molecule has 3 rings (SSSR count). The largest absolute Gasteiger partial charge is 0.338 e. The van der Waals surface area contributed by atoms with Gasteiger partial charge in [-0.3, -0.25) is 4.57 Å². The lowest BCUT2D eigenvalue weighted by Gasteiger charge is -2.38. The van der Waals surface area contributed by atoms with Gasteiger partial charge in [0.25, 0.3) is 0 Å². The second kappa shape index (κ2) is 5.88. The highest BCUT2D eigenvalue weighted by molar-refractivity contribution is 7.71. The normalized spacial score (nSPS) is 28.8. The fraction of sp³-hybridized carbons (Fsp3) is 0.867. The minimum Gasteiger partial charge on any atom is -0.338 e. The Kier molecular flexibility index (Phi) is 4.15. The minimum absolute atomic E-state index is 0.552. The molecule has 1 aromatic rings. The number of aromatic nitrogens is 3. The van der Waals surface area contributed by atoms with Gasteiger partial charge in [-0.05, 0) is 50.7 Å². The van der Waals surface area contributed by atoms with E-state index in [-0.39, 0.29) is 0 Å². The molecular formula is C15H26N4S. The molecule has 2 fully saturated rings. The molecule has 1 saturated heterocycles. The molecule has 0 radical (unpaired) electrons. The predicted molar refractivity (Wildman–Crippen MR) is 84.7 cm³/mol. The first-order chi connectivity index (χ1) is 9.66. The molecule has 1 saturated carbocycles. The highest BCUT2D eigenvalue weighted by Crippen LogP contribution is 2.33. The third kappa shape index (κ3) is 2.65. The average Bonchev–Trinajstić information content (AvgIpc) is 2.81. The summed E-state index contributed by atoms with van der Waals surface area (Å²) >= 11 is 5.50. The highest BCUT2D eigenvalue weighted by atomic mass is 32.1. The van der Waals surface area contributed by atoms with Gasteiger partial charge in [-0.1, -0.05) is 26.2 Å². The molecule has 2 unspecified atom stereocenters. The molecule has 1 N–H and O–H groups in total. The minimum atomic E-state index is 0.552. The van der Waals surface area contributed by atoms with Crippen LogP contribution in [0.15, 0.2) is 0 Å². The van der Waals surface area contributed by atoms with Crippen molar-refractivity contribution >= 4 is 18.2 Å². The van der Waals surface area contributed by atoms with E-state index in [1.165, 1.54) is 44.9 Å². The Morgan fingerprint density at radius 1 is 1.15 bits per heavy atom. The molecule has 5 heteroatoms. The number of hydrogen-bond donors (Lipinski definition) is 1. The number of aromatic amines is 1. The second-order valence-electron chi connectivity index (χ2n) is 6.66. The van der Waals surface area contributed by atoms with Crippen LogP contribution in [0.5, 0.6) is 0 Å². The Balaban J connectivity index is 1.88. The Hall–Kier alpha value is -0.840. The molecular weight excluding hydrogens is 268 g/mol. The lowest BCUT2D eigenvalue weighted by atomic mass is 9.93. The van der Waals surface area contributed by atoms with Gasteiger partial charge < -0.3 is 4.90 Å². The van der Waals surface area contributed by atoms with Crippen LogP contribution >= 0.6 is 12.2 Å². The van der Waals surface area contributed by atoms with Gasteiger partial charge >= 0.3 is 0 Å². The number of piperidine rings is 1. The van der Waals surface area contributed by atoms with Crippen molar-refractivity contribution in [1.82, 2.24) is 14.8 Å². The van der Waals surface area contributed by atoms with Crippen molar-refractivity contribution in [2.24, 2.45) is 5.92 Å². The maximum Gasteiger partial charge on any atom is 0.226 e. The number of H-pyrrole nitrogens is 1. The Labute approximate surface area is 126 Å². The zero-order valence-corrected chi connectivity index (χ0v) is 13.5. The van der Waals surface area contributed by atoms with Crippen LogP contribution in [-0.4, -0.2) is 27.4 Å². The van der Waals surface area contributed by atoms with E-state index in [0.29, 0.717) is 12.1 Å². The summed E-state index contributed by atoms with van der Waals surface area (Å²) in [5.74, 6) is 1.91. The van der Waals surface area contributed by atoms with Gasteiger partial charge in [0.1, 0.15) is 0 Å². The molecule has 0 spiro atoms. The Morgan fingerprint density at radius 2 is 1.90 bits per heavy atom.